The van der Waals surface area contributed by atoms with Crippen molar-refractivity contribution in [3.8, 4) is 0 Å². The van der Waals surface area contributed by atoms with Crippen LogP contribution in [-0.2, 0) is 14.4 Å². The molecule has 0 radical (unpaired) electrons. The third-order valence-corrected chi connectivity index (χ3v) is 5.57. The maximum atomic E-state index is 14.7. The van der Waals surface area contributed by atoms with Gasteiger partial charge in [0.1, 0.15) is 18.1 Å². The standard InChI is InChI=1S/C19H18FN3O5/c20-13-7-11-10(6-12(13)14-5-9(8-24)3-4-21-14)18(27)23(19(11)28)15-1-2-16(25)22-17(15)26/h6-9,14-15,21H,1-5H2,(H,22,25,26). The number of amides is 4. The van der Waals surface area contributed by atoms with Gasteiger partial charge in [-0.25, -0.2) is 4.39 Å². The van der Waals surface area contributed by atoms with Crippen LogP contribution in [0.1, 0.15) is 58.0 Å². The van der Waals surface area contributed by atoms with E-state index in [1.54, 1.807) is 0 Å². The average molecular weight is 387 g/mol. The topological polar surface area (TPSA) is 113 Å². The summed E-state index contributed by atoms with van der Waals surface area (Å²) in [6, 6.07) is 0.815. The summed E-state index contributed by atoms with van der Waals surface area (Å²) in [7, 11) is 0. The highest BCUT2D eigenvalue weighted by Gasteiger charge is 2.45. The van der Waals surface area contributed by atoms with Gasteiger partial charge >= 0.3 is 0 Å². The lowest BCUT2D eigenvalue weighted by atomic mass is 9.88. The normalized spacial score (nSPS) is 27.6. The van der Waals surface area contributed by atoms with Crippen LogP contribution in [0.4, 0.5) is 4.39 Å². The van der Waals surface area contributed by atoms with Crippen molar-refractivity contribution in [3.05, 3.63) is 34.6 Å². The van der Waals surface area contributed by atoms with E-state index in [0.717, 1.165) is 17.3 Å². The lowest BCUT2D eigenvalue weighted by molar-refractivity contribution is -0.136. The molecule has 0 spiro atoms. The zero-order valence-electron chi connectivity index (χ0n) is 14.9. The summed E-state index contributed by atoms with van der Waals surface area (Å²) < 4.78 is 14.7. The Kier molecular flexibility index (Phi) is 4.54. The maximum absolute atomic E-state index is 14.7. The van der Waals surface area contributed by atoms with E-state index in [-0.39, 0.29) is 35.4 Å². The Morgan fingerprint density at radius 1 is 1.07 bits per heavy atom. The lowest BCUT2D eigenvalue weighted by Crippen LogP contribution is -2.54. The molecule has 3 aliphatic rings. The first-order valence-electron chi connectivity index (χ1n) is 9.14. The van der Waals surface area contributed by atoms with Gasteiger partial charge in [-0.1, -0.05) is 0 Å². The van der Waals surface area contributed by atoms with Crippen molar-refractivity contribution in [2.45, 2.75) is 37.8 Å². The highest BCUT2D eigenvalue weighted by molar-refractivity contribution is 6.23. The number of imide groups is 2. The number of halogens is 1. The van der Waals surface area contributed by atoms with Crippen molar-refractivity contribution in [3.63, 3.8) is 0 Å². The zero-order chi connectivity index (χ0) is 20.0. The fourth-order valence-electron chi connectivity index (χ4n) is 4.08. The largest absolute Gasteiger partial charge is 0.310 e. The summed E-state index contributed by atoms with van der Waals surface area (Å²) in [5, 5.41) is 5.25. The molecule has 146 valence electrons. The van der Waals surface area contributed by atoms with Crippen LogP contribution in [0.15, 0.2) is 12.1 Å². The molecule has 8 nitrogen and oxygen atoms in total. The summed E-state index contributed by atoms with van der Waals surface area (Å²) in [5.74, 6) is -3.44. The Labute approximate surface area is 159 Å². The van der Waals surface area contributed by atoms with Crippen LogP contribution in [0.25, 0.3) is 0 Å². The molecule has 1 aromatic carbocycles. The first-order valence-corrected chi connectivity index (χ1v) is 9.14. The molecular weight excluding hydrogens is 369 g/mol. The molecule has 4 amide bonds. The Hall–Kier alpha value is -2.94. The van der Waals surface area contributed by atoms with Gasteiger partial charge in [0.2, 0.25) is 11.8 Å². The van der Waals surface area contributed by atoms with Crippen LogP contribution in [-0.4, -0.2) is 47.4 Å². The number of rotatable bonds is 3. The van der Waals surface area contributed by atoms with Crippen LogP contribution in [0.3, 0.4) is 0 Å². The van der Waals surface area contributed by atoms with E-state index in [9.17, 15) is 28.4 Å². The van der Waals surface area contributed by atoms with E-state index in [1.807, 2.05) is 0 Å². The number of carbonyl (C=O) groups is 5. The van der Waals surface area contributed by atoms with Crippen LogP contribution < -0.4 is 10.6 Å². The molecule has 0 aromatic heterocycles. The van der Waals surface area contributed by atoms with Gasteiger partial charge < -0.3 is 10.1 Å². The molecule has 9 heteroatoms. The number of fused-ring (bicyclic) bond motifs is 1. The van der Waals surface area contributed by atoms with Gasteiger partial charge in [0, 0.05) is 23.9 Å². The van der Waals surface area contributed by atoms with E-state index in [0.29, 0.717) is 19.4 Å². The second kappa shape index (κ2) is 6.90. The van der Waals surface area contributed by atoms with E-state index < -0.39 is 41.5 Å². The first kappa shape index (κ1) is 18.4. The second-order valence-corrected chi connectivity index (χ2v) is 7.29. The molecule has 0 aliphatic carbocycles. The third kappa shape index (κ3) is 2.91. The van der Waals surface area contributed by atoms with Crippen molar-refractivity contribution >= 4 is 29.9 Å². The van der Waals surface area contributed by atoms with Crippen molar-refractivity contribution in [1.29, 1.82) is 0 Å². The highest BCUT2D eigenvalue weighted by atomic mass is 19.1. The third-order valence-electron chi connectivity index (χ3n) is 5.57. The van der Waals surface area contributed by atoms with E-state index in [4.69, 9.17) is 0 Å². The molecule has 3 aliphatic heterocycles. The fraction of sp³-hybridized carbons (Fsp3) is 0.421. The van der Waals surface area contributed by atoms with Crippen molar-refractivity contribution in [1.82, 2.24) is 15.5 Å². The molecule has 3 unspecified atom stereocenters. The Morgan fingerprint density at radius 2 is 1.79 bits per heavy atom. The van der Waals surface area contributed by atoms with Gasteiger partial charge in [-0.3, -0.25) is 29.4 Å². The van der Waals surface area contributed by atoms with Gasteiger partial charge in [-0.15, -0.1) is 0 Å². The minimum absolute atomic E-state index is 0.0164. The van der Waals surface area contributed by atoms with Crippen LogP contribution in [0.2, 0.25) is 0 Å². The summed E-state index contributed by atoms with van der Waals surface area (Å²) in [6.07, 6.45) is 1.96. The molecule has 0 bridgehead atoms. The molecule has 1 aromatic rings. The quantitative estimate of drug-likeness (QED) is 0.576. The number of hydrogen-bond donors (Lipinski definition) is 2. The SMILES string of the molecule is O=CC1CCNC(c2cc3c(cc2F)C(=O)N(C2CCC(=O)NC2=O)C3=O)C1. The lowest BCUT2D eigenvalue weighted by Gasteiger charge is -2.28. The van der Waals surface area contributed by atoms with Gasteiger partial charge in [-0.2, -0.15) is 0 Å². The van der Waals surface area contributed by atoms with Gasteiger partial charge in [-0.05, 0) is 37.9 Å². The predicted molar refractivity (Wildman–Crippen MR) is 92.6 cm³/mol. The maximum Gasteiger partial charge on any atom is 0.262 e. The molecule has 2 fully saturated rings. The summed E-state index contributed by atoms with van der Waals surface area (Å²) in [4.78, 5) is 60.8. The summed E-state index contributed by atoms with van der Waals surface area (Å²) >= 11 is 0. The van der Waals surface area contributed by atoms with Crippen LogP contribution in [0.5, 0.6) is 0 Å². The predicted octanol–water partition coefficient (Wildman–Crippen LogP) is 0.466. The number of nitrogens with zero attached hydrogens (tertiary/aromatic N) is 1. The molecule has 4 rings (SSSR count). The smallest absolute Gasteiger partial charge is 0.262 e. The Balaban J connectivity index is 1.66. The van der Waals surface area contributed by atoms with Crippen molar-refractivity contribution < 1.29 is 28.4 Å². The Bertz CT molecular complexity index is 915. The average Bonchev–Trinajstić information content (AvgIpc) is 2.91. The monoisotopic (exact) mass is 387 g/mol. The molecule has 3 atom stereocenters. The van der Waals surface area contributed by atoms with E-state index in [1.165, 1.54) is 6.07 Å². The first-order chi connectivity index (χ1) is 13.4. The van der Waals surface area contributed by atoms with Crippen molar-refractivity contribution in [2.24, 2.45) is 5.92 Å². The number of nitrogens with one attached hydrogen (secondary N) is 2. The number of benzene rings is 1. The molecule has 28 heavy (non-hydrogen) atoms. The van der Waals surface area contributed by atoms with Crippen LogP contribution in [0, 0.1) is 11.7 Å². The van der Waals surface area contributed by atoms with Gasteiger partial charge in [0.25, 0.3) is 11.8 Å². The van der Waals surface area contributed by atoms with Crippen molar-refractivity contribution in [2.75, 3.05) is 6.54 Å². The zero-order valence-corrected chi connectivity index (χ0v) is 14.9. The summed E-state index contributed by atoms with van der Waals surface area (Å²) in [5.41, 5.74) is 0.149. The molecule has 0 saturated carbocycles. The van der Waals surface area contributed by atoms with Gasteiger partial charge in [0.15, 0.2) is 0 Å². The minimum atomic E-state index is -1.09. The Morgan fingerprint density at radius 3 is 2.46 bits per heavy atom. The molecular formula is C19H18FN3O5. The number of piperidine rings is 2. The number of aldehydes is 1. The minimum Gasteiger partial charge on any atom is -0.310 e. The van der Waals surface area contributed by atoms with Crippen LogP contribution >= 0.6 is 0 Å². The molecule has 3 heterocycles. The molecule has 2 N–H and O–H groups in total. The highest BCUT2D eigenvalue weighted by Crippen LogP contribution is 2.34. The number of hydrogen-bond acceptors (Lipinski definition) is 6. The van der Waals surface area contributed by atoms with E-state index >= 15 is 0 Å². The summed E-state index contributed by atoms with van der Waals surface area (Å²) in [6.45, 7) is 0.542. The van der Waals surface area contributed by atoms with E-state index in [2.05, 4.69) is 10.6 Å². The second-order valence-electron chi connectivity index (χ2n) is 7.29. The van der Waals surface area contributed by atoms with Gasteiger partial charge in [0.05, 0.1) is 11.1 Å². The fourth-order valence-corrected chi connectivity index (χ4v) is 4.08. The number of carbonyl (C=O) groups excluding carboxylic acids is 5. The molecule has 2 saturated heterocycles.